The summed E-state index contributed by atoms with van der Waals surface area (Å²) in [7, 11) is 0. The third-order valence-electron chi connectivity index (χ3n) is 6.67. The molecule has 0 aromatic heterocycles. The monoisotopic (exact) mass is 528 g/mol. The third kappa shape index (κ3) is 5.15. The zero-order chi connectivity index (χ0) is 24.6. The van der Waals surface area contributed by atoms with Crippen LogP contribution in [0.1, 0.15) is 67.1 Å². The maximum Gasteiger partial charge on any atom is 0.410 e. The number of hydrogen-bond donors (Lipinski definition) is 1. The van der Waals surface area contributed by atoms with Crippen LogP contribution in [0.15, 0.2) is 46.9 Å². The number of aliphatic hydroxyl groups excluding tert-OH is 1. The number of halogens is 1. The fourth-order valence-electron chi connectivity index (χ4n) is 4.95. The number of benzene rings is 2. The lowest BCUT2D eigenvalue weighted by Crippen LogP contribution is -2.55. The van der Waals surface area contributed by atoms with Crippen LogP contribution in [0.5, 0.6) is 0 Å². The van der Waals surface area contributed by atoms with E-state index in [0.717, 1.165) is 27.6 Å². The van der Waals surface area contributed by atoms with E-state index >= 15 is 0 Å². The molecule has 1 N–H and O–H groups in total. The molecule has 182 valence electrons. The van der Waals surface area contributed by atoms with Crippen molar-refractivity contribution in [3.05, 3.63) is 69.2 Å². The van der Waals surface area contributed by atoms with Crippen LogP contribution in [0.2, 0.25) is 0 Å². The number of hydrogen-bond acceptors (Lipinski definition) is 4. The van der Waals surface area contributed by atoms with Gasteiger partial charge in [0.2, 0.25) is 0 Å². The quantitative estimate of drug-likeness (QED) is 0.597. The molecule has 0 bridgehead atoms. The van der Waals surface area contributed by atoms with E-state index in [1.165, 1.54) is 0 Å². The molecule has 0 aliphatic carbocycles. The van der Waals surface area contributed by atoms with Crippen molar-refractivity contribution in [3.63, 3.8) is 0 Å². The van der Waals surface area contributed by atoms with E-state index in [2.05, 4.69) is 22.9 Å². The minimum Gasteiger partial charge on any atom is -0.444 e. The Bertz CT molecular complexity index is 1080. The molecule has 6 nitrogen and oxygen atoms in total. The molecule has 3 atom stereocenters. The highest BCUT2D eigenvalue weighted by Crippen LogP contribution is 2.34. The Kier molecular flexibility index (Phi) is 7.06. The maximum atomic E-state index is 13.3. The van der Waals surface area contributed by atoms with Gasteiger partial charge < -0.3 is 14.7 Å². The molecule has 2 heterocycles. The average Bonchev–Trinajstić information content (AvgIpc) is 2.78. The van der Waals surface area contributed by atoms with E-state index in [1.807, 2.05) is 63.2 Å². The van der Waals surface area contributed by atoms with Crippen molar-refractivity contribution in [2.75, 3.05) is 13.1 Å². The van der Waals surface area contributed by atoms with Crippen LogP contribution < -0.4 is 0 Å². The zero-order valence-electron chi connectivity index (χ0n) is 20.3. The molecular weight excluding hydrogens is 496 g/mol. The second-order valence-electron chi connectivity index (χ2n) is 10.3. The van der Waals surface area contributed by atoms with Crippen LogP contribution in [0.3, 0.4) is 0 Å². The van der Waals surface area contributed by atoms with E-state index < -0.39 is 23.8 Å². The molecular formula is C27H33BrN2O4. The van der Waals surface area contributed by atoms with Gasteiger partial charge in [-0.3, -0.25) is 9.69 Å². The minimum absolute atomic E-state index is 0.0775. The van der Waals surface area contributed by atoms with Crippen LogP contribution >= 0.6 is 15.9 Å². The summed E-state index contributed by atoms with van der Waals surface area (Å²) in [5, 5.41) is 11.4. The number of rotatable bonds is 4. The predicted octanol–water partition coefficient (Wildman–Crippen LogP) is 5.12. The molecule has 0 unspecified atom stereocenters. The molecule has 2 amide bonds. The van der Waals surface area contributed by atoms with E-state index in [1.54, 1.807) is 9.80 Å². The summed E-state index contributed by atoms with van der Waals surface area (Å²) in [6.45, 7) is 8.70. The lowest BCUT2D eigenvalue weighted by molar-refractivity contribution is -0.0185. The number of carbonyl (C=O) groups is 2. The standard InChI is InChI=1S/C27H33BrN2O4/c1-5-17-14-29(25(32)21-11-10-20(28)13-22(17)21)16-24(31)23-12-18-8-6-7-9-19(18)15-30(23)26(33)34-27(2,3)4/h6-11,13,17,23-24,31H,5,12,14-16H2,1-4H3/t17-,23+,24-/m1/s1. The zero-order valence-corrected chi connectivity index (χ0v) is 21.8. The maximum absolute atomic E-state index is 13.3. The highest BCUT2D eigenvalue weighted by Gasteiger charge is 2.39. The van der Waals surface area contributed by atoms with Crippen LogP contribution in [0, 0.1) is 0 Å². The number of amides is 2. The number of carbonyl (C=O) groups excluding carboxylic acids is 2. The molecule has 2 aliphatic rings. The lowest BCUT2D eigenvalue weighted by Gasteiger charge is -2.42. The lowest BCUT2D eigenvalue weighted by atomic mass is 9.86. The Morgan fingerprint density at radius 1 is 1.21 bits per heavy atom. The predicted molar refractivity (Wildman–Crippen MR) is 135 cm³/mol. The molecule has 34 heavy (non-hydrogen) atoms. The Balaban J connectivity index is 1.58. The highest BCUT2D eigenvalue weighted by atomic mass is 79.9. The summed E-state index contributed by atoms with van der Waals surface area (Å²) in [4.78, 5) is 29.8. The van der Waals surface area contributed by atoms with Gasteiger partial charge in [0, 0.05) is 35.6 Å². The Labute approximate surface area is 210 Å². The van der Waals surface area contributed by atoms with Gasteiger partial charge >= 0.3 is 6.09 Å². The third-order valence-corrected chi connectivity index (χ3v) is 7.17. The van der Waals surface area contributed by atoms with E-state index in [0.29, 0.717) is 25.1 Å². The molecule has 0 fully saturated rings. The summed E-state index contributed by atoms with van der Waals surface area (Å²) >= 11 is 3.51. The van der Waals surface area contributed by atoms with E-state index in [9.17, 15) is 14.7 Å². The molecule has 0 spiro atoms. The first-order valence-corrected chi connectivity index (χ1v) is 12.7. The molecule has 0 radical (unpaired) electrons. The van der Waals surface area contributed by atoms with Crippen LogP contribution in [0.4, 0.5) is 4.79 Å². The molecule has 7 heteroatoms. The first-order chi connectivity index (χ1) is 16.1. The first-order valence-electron chi connectivity index (χ1n) is 11.9. The normalized spacial score (nSPS) is 21.1. The number of nitrogens with zero attached hydrogens (tertiary/aromatic N) is 2. The summed E-state index contributed by atoms with van der Waals surface area (Å²) in [6, 6.07) is 13.2. The van der Waals surface area contributed by atoms with Crippen molar-refractivity contribution in [3.8, 4) is 0 Å². The van der Waals surface area contributed by atoms with Crippen molar-refractivity contribution >= 4 is 27.9 Å². The Morgan fingerprint density at radius 2 is 1.91 bits per heavy atom. The van der Waals surface area contributed by atoms with E-state index in [-0.39, 0.29) is 18.4 Å². The molecule has 2 aromatic rings. The van der Waals surface area contributed by atoms with Gasteiger partial charge in [-0.15, -0.1) is 0 Å². The minimum atomic E-state index is -0.903. The number of aliphatic hydroxyl groups is 1. The van der Waals surface area contributed by atoms with Gasteiger partial charge in [-0.2, -0.15) is 0 Å². The van der Waals surface area contributed by atoms with Gasteiger partial charge in [-0.1, -0.05) is 47.1 Å². The molecule has 4 rings (SSSR count). The van der Waals surface area contributed by atoms with Crippen molar-refractivity contribution in [1.82, 2.24) is 9.80 Å². The highest BCUT2D eigenvalue weighted by molar-refractivity contribution is 9.10. The second kappa shape index (κ2) is 9.70. The van der Waals surface area contributed by atoms with Gasteiger partial charge in [-0.25, -0.2) is 4.79 Å². The summed E-state index contributed by atoms with van der Waals surface area (Å²) < 4.78 is 6.62. The second-order valence-corrected chi connectivity index (χ2v) is 11.2. The summed E-state index contributed by atoms with van der Waals surface area (Å²) in [6.07, 6.45) is 0.0563. The largest absolute Gasteiger partial charge is 0.444 e. The Hall–Kier alpha value is -2.38. The van der Waals surface area contributed by atoms with Crippen molar-refractivity contribution in [1.29, 1.82) is 0 Å². The molecule has 2 aromatic carbocycles. The van der Waals surface area contributed by atoms with Gasteiger partial charge in [0.1, 0.15) is 5.60 Å². The van der Waals surface area contributed by atoms with Crippen molar-refractivity contribution in [2.45, 2.75) is 70.7 Å². The fraction of sp³-hybridized carbons (Fsp3) is 0.481. The van der Waals surface area contributed by atoms with Crippen LogP contribution in [0.25, 0.3) is 0 Å². The van der Waals surface area contributed by atoms with Crippen molar-refractivity contribution in [2.24, 2.45) is 0 Å². The number of fused-ring (bicyclic) bond motifs is 2. The smallest absolute Gasteiger partial charge is 0.410 e. The topological polar surface area (TPSA) is 70.1 Å². The van der Waals surface area contributed by atoms with Crippen LogP contribution in [-0.2, 0) is 17.7 Å². The van der Waals surface area contributed by atoms with Crippen molar-refractivity contribution < 1.29 is 19.4 Å². The summed E-state index contributed by atoms with van der Waals surface area (Å²) in [5.41, 5.74) is 3.26. The van der Waals surface area contributed by atoms with Gasteiger partial charge in [0.05, 0.1) is 12.1 Å². The Morgan fingerprint density at radius 3 is 2.59 bits per heavy atom. The van der Waals surface area contributed by atoms with Crippen LogP contribution in [-0.4, -0.2) is 57.7 Å². The first kappa shape index (κ1) is 24.7. The average molecular weight is 529 g/mol. The number of β-amino-alcohol motifs (C(OH)–C–C–N with tert-alkyl or cyclic N) is 1. The van der Waals surface area contributed by atoms with Gasteiger partial charge in [-0.05, 0) is 68.5 Å². The van der Waals surface area contributed by atoms with Gasteiger partial charge in [0.15, 0.2) is 0 Å². The SMILES string of the molecule is CC[C@@H]1CN(C[C@@H](O)[C@@H]2Cc3ccccc3CN2C(=O)OC(C)(C)C)C(=O)c2ccc(Br)cc21. The fourth-order valence-corrected chi connectivity index (χ4v) is 5.33. The summed E-state index contributed by atoms with van der Waals surface area (Å²) in [5.74, 6) is 0.123. The molecule has 2 aliphatic heterocycles. The number of ether oxygens (including phenoxy) is 1. The molecule has 0 saturated heterocycles. The van der Waals surface area contributed by atoms with Gasteiger partial charge in [0.25, 0.3) is 5.91 Å². The van der Waals surface area contributed by atoms with E-state index in [4.69, 9.17) is 4.74 Å². The molecule has 0 saturated carbocycles.